The molecule has 8 nitrogen and oxygen atoms in total. The summed E-state index contributed by atoms with van der Waals surface area (Å²) in [6, 6.07) is 23.1. The average Bonchev–Trinajstić information content (AvgIpc) is 2.92. The van der Waals surface area contributed by atoms with Gasteiger partial charge in [-0.15, -0.1) is 0 Å². The maximum Gasteiger partial charge on any atom is 0.322 e. The number of hydrogen-bond donors (Lipinski definition) is 2. The molecule has 0 radical (unpaired) electrons. The van der Waals surface area contributed by atoms with Crippen molar-refractivity contribution >= 4 is 33.7 Å². The molecule has 1 unspecified atom stereocenters. The Kier molecular flexibility index (Phi) is 10.6. The third-order valence-electron chi connectivity index (χ3n) is 5.58. The van der Waals surface area contributed by atoms with Crippen molar-refractivity contribution in [2.45, 2.75) is 29.7 Å². The molecule has 10 heteroatoms. The van der Waals surface area contributed by atoms with E-state index in [1.54, 1.807) is 0 Å². The number of methoxy groups -OCH3 is 1. The number of rotatable bonds is 14. The molecule has 0 fully saturated rings. The van der Waals surface area contributed by atoms with Crippen molar-refractivity contribution in [3.63, 3.8) is 0 Å². The summed E-state index contributed by atoms with van der Waals surface area (Å²) in [6.07, 6.45) is 0.0359. The topological polar surface area (TPSA) is 113 Å². The number of hydrogen-bond acceptors (Lipinski definition) is 6. The first-order chi connectivity index (χ1) is 17.8. The Hall–Kier alpha value is -3.34. The summed E-state index contributed by atoms with van der Waals surface area (Å²) < 4.78 is 33.0. The standard InChI is InChI=1S/C27H30N2O6S2/c1-35-23-12-14-24(15-13-23)37(33,34)29(19-26(30)28-18-21-8-4-2-5-9-21)25(27(31)32)16-17-36-20-22-10-6-3-7-11-22/h2-15,25H,16-20H2,1H3,(H,28,30)(H,31,32). The quantitative estimate of drug-likeness (QED) is 0.298. The van der Waals surface area contributed by atoms with Gasteiger partial charge in [0.2, 0.25) is 15.9 Å². The molecule has 0 saturated heterocycles. The largest absolute Gasteiger partial charge is 0.497 e. The van der Waals surface area contributed by atoms with Crippen LogP contribution in [0.4, 0.5) is 0 Å². The second-order valence-electron chi connectivity index (χ2n) is 8.17. The maximum atomic E-state index is 13.6. The smallest absolute Gasteiger partial charge is 0.322 e. The van der Waals surface area contributed by atoms with Crippen LogP contribution in [0.5, 0.6) is 5.75 Å². The van der Waals surface area contributed by atoms with Crippen molar-refractivity contribution in [2.24, 2.45) is 0 Å². The third kappa shape index (κ3) is 8.34. The van der Waals surface area contributed by atoms with Crippen molar-refractivity contribution in [3.8, 4) is 5.75 Å². The van der Waals surface area contributed by atoms with Crippen molar-refractivity contribution in [3.05, 3.63) is 96.1 Å². The fourth-order valence-electron chi connectivity index (χ4n) is 3.59. The Morgan fingerprint density at radius 2 is 1.54 bits per heavy atom. The summed E-state index contributed by atoms with van der Waals surface area (Å²) in [7, 11) is -2.85. The first kappa shape index (κ1) is 28.2. The molecule has 3 aromatic carbocycles. The monoisotopic (exact) mass is 542 g/mol. The summed E-state index contributed by atoms with van der Waals surface area (Å²) in [5.74, 6) is -0.391. The van der Waals surface area contributed by atoms with Crippen molar-refractivity contribution in [2.75, 3.05) is 19.4 Å². The Morgan fingerprint density at radius 1 is 0.946 bits per heavy atom. The fraction of sp³-hybridized carbons (Fsp3) is 0.259. The third-order valence-corrected chi connectivity index (χ3v) is 8.51. The van der Waals surface area contributed by atoms with Crippen LogP contribution in [0.1, 0.15) is 17.5 Å². The van der Waals surface area contributed by atoms with E-state index in [-0.39, 0.29) is 17.9 Å². The molecule has 2 N–H and O–H groups in total. The van der Waals surface area contributed by atoms with Gasteiger partial charge in [0.15, 0.2) is 0 Å². The van der Waals surface area contributed by atoms with Gasteiger partial charge in [0, 0.05) is 12.3 Å². The number of carbonyl (C=O) groups excluding carboxylic acids is 1. The van der Waals surface area contributed by atoms with Gasteiger partial charge in [-0.05, 0) is 47.6 Å². The second-order valence-corrected chi connectivity index (χ2v) is 11.2. The van der Waals surface area contributed by atoms with E-state index in [1.807, 2.05) is 60.7 Å². The van der Waals surface area contributed by atoms with Gasteiger partial charge < -0.3 is 15.2 Å². The van der Waals surface area contributed by atoms with Crippen LogP contribution in [0, 0.1) is 0 Å². The first-order valence-electron chi connectivity index (χ1n) is 11.6. The Labute approximate surface area is 221 Å². The molecule has 3 aromatic rings. The summed E-state index contributed by atoms with van der Waals surface area (Å²) >= 11 is 1.51. The lowest BCUT2D eigenvalue weighted by Crippen LogP contribution is -2.49. The van der Waals surface area contributed by atoms with Crippen molar-refractivity contribution in [1.82, 2.24) is 9.62 Å². The summed E-state index contributed by atoms with van der Waals surface area (Å²) in [5, 5.41) is 12.7. The molecule has 0 saturated carbocycles. The fourth-order valence-corrected chi connectivity index (χ4v) is 6.12. The number of benzene rings is 3. The molecule has 37 heavy (non-hydrogen) atoms. The maximum absolute atomic E-state index is 13.6. The number of aliphatic carboxylic acids is 1. The molecule has 0 aromatic heterocycles. The predicted molar refractivity (Wildman–Crippen MR) is 144 cm³/mol. The number of carboxylic acids is 1. The van der Waals surface area contributed by atoms with Gasteiger partial charge in [-0.1, -0.05) is 60.7 Å². The minimum Gasteiger partial charge on any atom is -0.497 e. The lowest BCUT2D eigenvalue weighted by atomic mass is 10.2. The Morgan fingerprint density at radius 3 is 2.11 bits per heavy atom. The second kappa shape index (κ2) is 13.8. The molecule has 196 valence electrons. The number of nitrogens with zero attached hydrogens (tertiary/aromatic N) is 1. The van der Waals surface area contributed by atoms with Crippen LogP contribution in [0.15, 0.2) is 89.8 Å². The van der Waals surface area contributed by atoms with Crippen LogP contribution in [0.3, 0.4) is 0 Å². The highest BCUT2D eigenvalue weighted by Gasteiger charge is 2.37. The molecule has 3 rings (SSSR count). The zero-order valence-electron chi connectivity index (χ0n) is 20.4. The SMILES string of the molecule is COc1ccc(S(=O)(=O)N(CC(=O)NCc2ccccc2)C(CCSCc2ccccc2)C(=O)O)cc1. The summed E-state index contributed by atoms with van der Waals surface area (Å²) in [5.41, 5.74) is 1.93. The summed E-state index contributed by atoms with van der Waals surface area (Å²) in [4.78, 5) is 25.0. The van der Waals surface area contributed by atoms with Crippen LogP contribution in [-0.2, 0) is 31.9 Å². The van der Waals surface area contributed by atoms with E-state index < -0.39 is 34.5 Å². The molecule has 1 atom stereocenters. The molecule has 1 amide bonds. The lowest BCUT2D eigenvalue weighted by molar-refractivity contribution is -0.141. The van der Waals surface area contributed by atoms with Crippen molar-refractivity contribution in [1.29, 1.82) is 0 Å². The molecule has 0 aliphatic rings. The minimum atomic E-state index is -4.31. The Bertz CT molecular complexity index is 1250. The van der Waals surface area contributed by atoms with Gasteiger partial charge >= 0.3 is 5.97 Å². The van der Waals surface area contributed by atoms with Crippen molar-refractivity contribution < 1.29 is 27.9 Å². The molecule has 0 heterocycles. The van der Waals surface area contributed by atoms with E-state index in [1.165, 1.54) is 43.1 Å². The number of carbonyl (C=O) groups is 2. The molecule has 0 spiro atoms. The number of thioether (sulfide) groups is 1. The van der Waals surface area contributed by atoms with E-state index in [9.17, 15) is 23.1 Å². The minimum absolute atomic E-state index is 0.0359. The molecule has 0 aliphatic heterocycles. The van der Waals surface area contributed by atoms with Gasteiger partial charge in [0.1, 0.15) is 11.8 Å². The lowest BCUT2D eigenvalue weighted by Gasteiger charge is -2.28. The van der Waals surface area contributed by atoms with Crippen LogP contribution < -0.4 is 10.1 Å². The number of amides is 1. The predicted octanol–water partition coefficient (Wildman–Crippen LogP) is 3.78. The molecule has 0 bridgehead atoms. The van der Waals surface area contributed by atoms with Gasteiger partial charge in [0.05, 0.1) is 18.6 Å². The highest BCUT2D eigenvalue weighted by Crippen LogP contribution is 2.24. The zero-order valence-corrected chi connectivity index (χ0v) is 22.1. The molecular formula is C27H30N2O6S2. The van der Waals surface area contributed by atoms with Gasteiger partial charge in [-0.2, -0.15) is 16.1 Å². The van der Waals surface area contributed by atoms with Gasteiger partial charge in [-0.3, -0.25) is 9.59 Å². The zero-order chi connectivity index (χ0) is 26.7. The molecular weight excluding hydrogens is 512 g/mol. The highest BCUT2D eigenvalue weighted by atomic mass is 32.2. The number of nitrogens with one attached hydrogen (secondary N) is 1. The first-order valence-corrected chi connectivity index (χ1v) is 14.2. The van der Waals surface area contributed by atoms with Crippen LogP contribution >= 0.6 is 11.8 Å². The van der Waals surface area contributed by atoms with Crippen LogP contribution in [0.2, 0.25) is 0 Å². The van der Waals surface area contributed by atoms with E-state index in [0.717, 1.165) is 15.4 Å². The van der Waals surface area contributed by atoms with Gasteiger partial charge in [-0.25, -0.2) is 8.42 Å². The number of carboxylic acid groups (broad SMARTS) is 1. The average molecular weight is 543 g/mol. The van der Waals surface area contributed by atoms with Crippen LogP contribution in [-0.4, -0.2) is 55.2 Å². The van der Waals surface area contributed by atoms with E-state index >= 15 is 0 Å². The molecule has 0 aliphatic carbocycles. The number of ether oxygens (including phenoxy) is 1. The number of sulfonamides is 1. The van der Waals surface area contributed by atoms with Crippen LogP contribution in [0.25, 0.3) is 0 Å². The highest BCUT2D eigenvalue weighted by molar-refractivity contribution is 7.98. The van der Waals surface area contributed by atoms with E-state index in [0.29, 0.717) is 17.3 Å². The normalized spacial score (nSPS) is 12.2. The van der Waals surface area contributed by atoms with Gasteiger partial charge in [0.25, 0.3) is 0 Å². The Balaban J connectivity index is 1.78. The van der Waals surface area contributed by atoms with E-state index in [4.69, 9.17) is 4.74 Å². The van der Waals surface area contributed by atoms with E-state index in [2.05, 4.69) is 5.32 Å². The summed E-state index contributed by atoms with van der Waals surface area (Å²) in [6.45, 7) is -0.428.